The lowest BCUT2D eigenvalue weighted by Crippen LogP contribution is -2.35. The minimum Gasteiger partial charge on any atom is -0.466 e. The van der Waals surface area contributed by atoms with Crippen molar-refractivity contribution in [2.75, 3.05) is 27.9 Å². The average molecular weight is 332 g/mol. The van der Waals surface area contributed by atoms with E-state index in [0.717, 1.165) is 32.1 Å². The van der Waals surface area contributed by atoms with Crippen LogP contribution in [0.15, 0.2) is 0 Å². The number of carbonyl (C=O) groups is 1. The fraction of sp³-hybridized carbons (Fsp3) is 0.944. The molecule has 0 aliphatic rings. The average Bonchev–Trinajstić information content (AvgIpc) is 2.57. The lowest BCUT2D eigenvalue weighted by molar-refractivity contribution is -0.355. The molecule has 0 bridgehead atoms. The molecule has 0 aromatic rings. The van der Waals surface area contributed by atoms with Crippen molar-refractivity contribution in [1.29, 1.82) is 0 Å². The van der Waals surface area contributed by atoms with Crippen LogP contribution in [0.1, 0.15) is 71.6 Å². The van der Waals surface area contributed by atoms with E-state index in [9.17, 15) is 4.79 Å². The highest BCUT2D eigenvalue weighted by molar-refractivity contribution is 5.71. The first-order valence-electron chi connectivity index (χ1n) is 8.87. The van der Waals surface area contributed by atoms with Crippen molar-refractivity contribution in [1.82, 2.24) is 0 Å². The van der Waals surface area contributed by atoms with Crippen molar-refractivity contribution in [2.24, 2.45) is 5.92 Å². The molecule has 5 heteroatoms. The van der Waals surface area contributed by atoms with Gasteiger partial charge in [0.1, 0.15) is 0 Å². The van der Waals surface area contributed by atoms with Gasteiger partial charge in [0, 0.05) is 27.8 Å². The van der Waals surface area contributed by atoms with Gasteiger partial charge in [-0.1, -0.05) is 45.4 Å². The number of hydrogen-bond acceptors (Lipinski definition) is 5. The predicted molar refractivity (Wildman–Crippen MR) is 91.1 cm³/mol. The standard InChI is InChI=1S/C18H36O5/c1-6-23-17(19)16(2)14-12-10-8-7-9-11-13-15-18(20-3,21-4)22-5/h16H,6-15H2,1-5H3. The van der Waals surface area contributed by atoms with Crippen molar-refractivity contribution < 1.29 is 23.7 Å². The Labute approximate surface area is 142 Å². The van der Waals surface area contributed by atoms with Gasteiger partial charge in [-0.2, -0.15) is 0 Å². The highest BCUT2D eigenvalue weighted by Crippen LogP contribution is 2.21. The first-order chi connectivity index (χ1) is 11.0. The summed E-state index contributed by atoms with van der Waals surface area (Å²) < 4.78 is 20.8. The Bertz CT molecular complexity index is 281. The minimum atomic E-state index is -0.886. The molecule has 0 aromatic heterocycles. The van der Waals surface area contributed by atoms with Crippen LogP contribution in [0.5, 0.6) is 0 Å². The first-order valence-corrected chi connectivity index (χ1v) is 8.87. The monoisotopic (exact) mass is 332 g/mol. The number of rotatable bonds is 15. The maximum Gasteiger partial charge on any atom is 0.308 e. The first kappa shape index (κ1) is 22.4. The Morgan fingerprint density at radius 3 is 1.83 bits per heavy atom. The van der Waals surface area contributed by atoms with Crippen LogP contribution in [0.3, 0.4) is 0 Å². The van der Waals surface area contributed by atoms with Gasteiger partial charge in [-0.15, -0.1) is 0 Å². The topological polar surface area (TPSA) is 54.0 Å². The van der Waals surface area contributed by atoms with Crippen LogP contribution in [0.2, 0.25) is 0 Å². The number of carbonyl (C=O) groups excluding carboxylic acids is 1. The van der Waals surface area contributed by atoms with Crippen molar-refractivity contribution in [3.63, 3.8) is 0 Å². The SMILES string of the molecule is CCOC(=O)C(C)CCCCCCCCCC(OC)(OC)OC. The Hall–Kier alpha value is -0.650. The molecule has 0 radical (unpaired) electrons. The van der Waals surface area contributed by atoms with Crippen molar-refractivity contribution in [2.45, 2.75) is 77.6 Å². The molecule has 5 nitrogen and oxygen atoms in total. The van der Waals surface area contributed by atoms with E-state index in [0.29, 0.717) is 6.61 Å². The molecule has 0 saturated heterocycles. The van der Waals surface area contributed by atoms with E-state index >= 15 is 0 Å². The molecule has 0 aliphatic heterocycles. The van der Waals surface area contributed by atoms with E-state index in [2.05, 4.69) is 0 Å². The Morgan fingerprint density at radius 2 is 1.35 bits per heavy atom. The van der Waals surface area contributed by atoms with Gasteiger partial charge in [-0.05, 0) is 19.8 Å². The summed E-state index contributed by atoms with van der Waals surface area (Å²) in [6.07, 6.45) is 9.78. The van der Waals surface area contributed by atoms with E-state index in [1.807, 2.05) is 13.8 Å². The van der Waals surface area contributed by atoms with Crippen LogP contribution in [0, 0.1) is 5.92 Å². The van der Waals surface area contributed by atoms with Gasteiger partial charge < -0.3 is 18.9 Å². The van der Waals surface area contributed by atoms with E-state index in [1.54, 1.807) is 21.3 Å². The third-order valence-corrected chi connectivity index (χ3v) is 4.24. The van der Waals surface area contributed by atoms with Crippen LogP contribution in [-0.4, -0.2) is 39.9 Å². The summed E-state index contributed by atoms with van der Waals surface area (Å²) in [5, 5.41) is 0. The minimum absolute atomic E-state index is 0.0280. The Kier molecular flexibility index (Phi) is 13.4. The summed E-state index contributed by atoms with van der Waals surface area (Å²) in [5.41, 5.74) is 0. The molecule has 0 N–H and O–H groups in total. The van der Waals surface area contributed by atoms with Crippen LogP contribution in [0.4, 0.5) is 0 Å². The molecule has 0 rings (SSSR count). The molecule has 0 spiro atoms. The van der Waals surface area contributed by atoms with Crippen LogP contribution in [-0.2, 0) is 23.7 Å². The van der Waals surface area contributed by atoms with Gasteiger partial charge in [-0.3, -0.25) is 4.79 Å². The van der Waals surface area contributed by atoms with Crippen LogP contribution < -0.4 is 0 Å². The molecule has 0 aliphatic carbocycles. The van der Waals surface area contributed by atoms with Crippen molar-refractivity contribution >= 4 is 5.97 Å². The fourth-order valence-corrected chi connectivity index (χ4v) is 2.63. The third kappa shape index (κ3) is 9.95. The summed E-state index contributed by atoms with van der Waals surface area (Å²) in [5.74, 6) is -0.922. The van der Waals surface area contributed by atoms with Gasteiger partial charge >= 0.3 is 5.97 Å². The predicted octanol–water partition coefficient (Wildman–Crippen LogP) is 4.29. The van der Waals surface area contributed by atoms with E-state index < -0.39 is 5.97 Å². The Morgan fingerprint density at radius 1 is 0.870 bits per heavy atom. The lowest BCUT2D eigenvalue weighted by Gasteiger charge is -2.28. The summed E-state index contributed by atoms with van der Waals surface area (Å²) in [7, 11) is 4.80. The maximum atomic E-state index is 11.5. The second-order valence-corrected chi connectivity index (χ2v) is 5.96. The molecule has 0 fully saturated rings. The zero-order chi connectivity index (χ0) is 17.6. The molecule has 0 heterocycles. The fourth-order valence-electron chi connectivity index (χ4n) is 2.63. The summed E-state index contributed by atoms with van der Waals surface area (Å²) in [6.45, 7) is 4.27. The van der Waals surface area contributed by atoms with Gasteiger partial charge in [0.05, 0.1) is 12.5 Å². The smallest absolute Gasteiger partial charge is 0.308 e. The Balaban J connectivity index is 3.52. The third-order valence-electron chi connectivity index (χ3n) is 4.24. The maximum absolute atomic E-state index is 11.5. The van der Waals surface area contributed by atoms with E-state index in [1.165, 1.54) is 25.7 Å². The summed E-state index contributed by atoms with van der Waals surface area (Å²) >= 11 is 0. The molecule has 0 aromatic carbocycles. The molecule has 0 amide bonds. The molecule has 1 atom stereocenters. The highest BCUT2D eigenvalue weighted by atomic mass is 16.9. The number of methoxy groups -OCH3 is 3. The van der Waals surface area contributed by atoms with Crippen molar-refractivity contribution in [3.05, 3.63) is 0 Å². The van der Waals surface area contributed by atoms with Crippen LogP contribution >= 0.6 is 0 Å². The van der Waals surface area contributed by atoms with Gasteiger partial charge in [-0.25, -0.2) is 0 Å². The molecular formula is C18H36O5. The normalized spacial score (nSPS) is 13.1. The lowest BCUT2D eigenvalue weighted by atomic mass is 10.0. The van der Waals surface area contributed by atoms with Crippen molar-refractivity contribution in [3.8, 4) is 0 Å². The number of hydrogen-bond donors (Lipinski definition) is 0. The molecular weight excluding hydrogens is 296 g/mol. The summed E-state index contributed by atoms with van der Waals surface area (Å²) in [6, 6.07) is 0. The van der Waals surface area contributed by atoms with Gasteiger partial charge in [0.2, 0.25) is 0 Å². The number of ether oxygens (including phenoxy) is 4. The molecule has 1 unspecified atom stereocenters. The summed E-state index contributed by atoms with van der Waals surface area (Å²) in [4.78, 5) is 11.5. The largest absolute Gasteiger partial charge is 0.466 e. The zero-order valence-electron chi connectivity index (χ0n) is 15.7. The quantitative estimate of drug-likeness (QED) is 0.254. The highest BCUT2D eigenvalue weighted by Gasteiger charge is 2.28. The molecule has 0 saturated carbocycles. The number of esters is 1. The number of unbranched alkanes of at least 4 members (excludes halogenated alkanes) is 6. The van der Waals surface area contributed by atoms with Crippen LogP contribution in [0.25, 0.3) is 0 Å². The molecule has 23 heavy (non-hydrogen) atoms. The zero-order valence-corrected chi connectivity index (χ0v) is 15.7. The second-order valence-electron chi connectivity index (χ2n) is 5.96. The van der Waals surface area contributed by atoms with Gasteiger partial charge in [0.25, 0.3) is 5.97 Å². The van der Waals surface area contributed by atoms with E-state index in [-0.39, 0.29) is 11.9 Å². The van der Waals surface area contributed by atoms with E-state index in [4.69, 9.17) is 18.9 Å². The van der Waals surface area contributed by atoms with Gasteiger partial charge in [0.15, 0.2) is 0 Å². The molecule has 138 valence electrons. The second kappa shape index (κ2) is 13.8.